The predicted molar refractivity (Wildman–Crippen MR) is 112 cm³/mol. The Morgan fingerprint density at radius 2 is 1.57 bits per heavy atom. The molecule has 0 saturated heterocycles. The number of carbonyl (C=O) groups excluding carboxylic acids is 1. The van der Waals surface area contributed by atoms with E-state index in [1.165, 1.54) is 0 Å². The van der Waals surface area contributed by atoms with Crippen molar-refractivity contribution >= 4 is 5.97 Å². The highest BCUT2D eigenvalue weighted by Crippen LogP contribution is 2.39. The van der Waals surface area contributed by atoms with Crippen LogP contribution in [-0.2, 0) is 9.53 Å². The van der Waals surface area contributed by atoms with Crippen molar-refractivity contribution in [3.05, 3.63) is 0 Å². The van der Waals surface area contributed by atoms with E-state index < -0.39 is 12.2 Å². The number of hydrogen-bond acceptors (Lipinski definition) is 5. The smallest absolute Gasteiger partial charge is 0.306 e. The first-order valence-electron chi connectivity index (χ1n) is 11.6. The summed E-state index contributed by atoms with van der Waals surface area (Å²) in [7, 11) is 0. The van der Waals surface area contributed by atoms with Crippen molar-refractivity contribution in [3.63, 3.8) is 0 Å². The lowest BCUT2D eigenvalue weighted by molar-refractivity contribution is -0.147. The molecule has 166 valence electrons. The van der Waals surface area contributed by atoms with E-state index in [1.807, 2.05) is 13.8 Å². The van der Waals surface area contributed by atoms with Gasteiger partial charge < -0.3 is 20.1 Å². The first kappa shape index (κ1) is 25.4. The Hall–Kier alpha value is -0.650. The molecule has 28 heavy (non-hydrogen) atoms. The number of aliphatic hydroxyl groups is 3. The molecule has 5 heteroatoms. The van der Waals surface area contributed by atoms with Crippen LogP contribution in [0.1, 0.15) is 104 Å². The molecular weight excluding hydrogens is 356 g/mol. The molecule has 0 spiro atoms. The van der Waals surface area contributed by atoms with Crippen LogP contribution in [0.3, 0.4) is 0 Å². The lowest BCUT2D eigenvalue weighted by atomic mass is 9.84. The van der Waals surface area contributed by atoms with E-state index in [2.05, 4.69) is 6.92 Å². The minimum atomic E-state index is -0.450. The first-order valence-corrected chi connectivity index (χ1v) is 11.6. The topological polar surface area (TPSA) is 87.0 Å². The maximum atomic E-state index is 11.5. The van der Waals surface area contributed by atoms with Crippen LogP contribution in [0.25, 0.3) is 0 Å². The minimum Gasteiger partial charge on any atom is -0.463 e. The number of ether oxygens (including phenoxy) is 1. The van der Waals surface area contributed by atoms with Gasteiger partial charge in [-0.2, -0.15) is 0 Å². The van der Waals surface area contributed by atoms with Crippen molar-refractivity contribution in [1.29, 1.82) is 0 Å². The quantitative estimate of drug-likeness (QED) is 0.281. The molecule has 0 bridgehead atoms. The second-order valence-electron chi connectivity index (χ2n) is 8.92. The number of esters is 1. The van der Waals surface area contributed by atoms with Crippen molar-refractivity contribution < 1.29 is 24.9 Å². The molecule has 0 aliphatic heterocycles. The predicted octanol–water partition coefficient (Wildman–Crippen LogP) is 4.36. The summed E-state index contributed by atoms with van der Waals surface area (Å²) >= 11 is 0. The molecule has 0 aromatic rings. The summed E-state index contributed by atoms with van der Waals surface area (Å²) in [5.74, 6) is 0.0995. The number of aliphatic hydroxyl groups excluding tert-OH is 3. The van der Waals surface area contributed by atoms with Crippen molar-refractivity contribution in [3.8, 4) is 0 Å². The molecule has 0 heterocycles. The van der Waals surface area contributed by atoms with Crippen LogP contribution >= 0.6 is 0 Å². The Kier molecular flexibility index (Phi) is 13.0. The van der Waals surface area contributed by atoms with E-state index in [4.69, 9.17) is 4.74 Å². The summed E-state index contributed by atoms with van der Waals surface area (Å²) in [6.07, 6.45) is 10.2. The largest absolute Gasteiger partial charge is 0.463 e. The minimum absolute atomic E-state index is 0.0510. The maximum Gasteiger partial charge on any atom is 0.306 e. The zero-order chi connectivity index (χ0) is 20.9. The highest BCUT2D eigenvalue weighted by molar-refractivity contribution is 5.69. The normalized spacial score (nSPS) is 26.0. The number of unbranched alkanes of at least 4 members (excludes halogenated alkanes) is 5. The third kappa shape index (κ3) is 10.2. The Morgan fingerprint density at radius 3 is 2.21 bits per heavy atom. The van der Waals surface area contributed by atoms with Crippen molar-refractivity contribution in [2.24, 2.45) is 11.8 Å². The molecule has 1 aliphatic rings. The fraction of sp³-hybridized carbons (Fsp3) is 0.957. The van der Waals surface area contributed by atoms with Crippen LogP contribution in [0.2, 0.25) is 0 Å². The Labute approximate surface area is 171 Å². The molecule has 0 amide bonds. The Morgan fingerprint density at radius 1 is 0.929 bits per heavy atom. The monoisotopic (exact) mass is 400 g/mol. The molecule has 0 radical (unpaired) electrons. The van der Waals surface area contributed by atoms with E-state index in [-0.39, 0.29) is 30.0 Å². The Bertz CT molecular complexity index is 412. The maximum absolute atomic E-state index is 11.5. The van der Waals surface area contributed by atoms with Gasteiger partial charge in [0.1, 0.15) is 0 Å². The molecule has 0 unspecified atom stereocenters. The fourth-order valence-electron chi connectivity index (χ4n) is 4.46. The summed E-state index contributed by atoms with van der Waals surface area (Å²) in [6, 6.07) is 0. The summed E-state index contributed by atoms with van der Waals surface area (Å²) in [6.45, 7) is 5.88. The van der Waals surface area contributed by atoms with E-state index in [0.29, 0.717) is 19.3 Å². The van der Waals surface area contributed by atoms with E-state index in [9.17, 15) is 20.1 Å². The number of hydrogen-bond donors (Lipinski definition) is 3. The van der Waals surface area contributed by atoms with Crippen LogP contribution in [0.15, 0.2) is 0 Å². The zero-order valence-electron chi connectivity index (χ0n) is 18.3. The fourth-order valence-corrected chi connectivity index (χ4v) is 4.46. The van der Waals surface area contributed by atoms with Gasteiger partial charge in [-0.15, -0.1) is 0 Å². The second-order valence-corrected chi connectivity index (χ2v) is 8.92. The van der Waals surface area contributed by atoms with E-state index in [0.717, 1.165) is 64.2 Å². The van der Waals surface area contributed by atoms with Crippen molar-refractivity contribution in [1.82, 2.24) is 0 Å². The standard InChI is InChI=1S/C23H44O5/c1-4-5-8-11-18(24)14-15-20-19(21(25)16-22(20)26)12-9-6-7-10-13-23(27)28-17(2)3/h17-22,24-26H,4-16H2,1-3H3/t18-,19+,20+,21-,22-/m0/s1. The highest BCUT2D eigenvalue weighted by atomic mass is 16.5. The lowest BCUT2D eigenvalue weighted by Gasteiger charge is -2.24. The summed E-state index contributed by atoms with van der Waals surface area (Å²) in [5, 5.41) is 30.8. The molecular formula is C23H44O5. The molecule has 5 nitrogen and oxygen atoms in total. The van der Waals surface area contributed by atoms with Gasteiger partial charge in [0.2, 0.25) is 0 Å². The average Bonchev–Trinajstić information content (AvgIpc) is 2.88. The van der Waals surface area contributed by atoms with Gasteiger partial charge in [0, 0.05) is 6.42 Å². The van der Waals surface area contributed by atoms with E-state index in [1.54, 1.807) is 0 Å². The molecule has 1 fully saturated rings. The molecule has 3 N–H and O–H groups in total. The second kappa shape index (κ2) is 14.4. The average molecular weight is 401 g/mol. The van der Waals surface area contributed by atoms with Gasteiger partial charge in [-0.1, -0.05) is 45.4 Å². The van der Waals surface area contributed by atoms with Gasteiger partial charge in [0.25, 0.3) is 0 Å². The SMILES string of the molecule is CCCCC[C@H](O)CC[C@@H]1[C@@H](CCCCCCC(=O)OC(C)C)[C@@H](O)C[C@@H]1O. The van der Waals surface area contributed by atoms with E-state index >= 15 is 0 Å². The molecule has 1 rings (SSSR count). The highest BCUT2D eigenvalue weighted by Gasteiger charge is 2.40. The zero-order valence-corrected chi connectivity index (χ0v) is 18.3. The lowest BCUT2D eigenvalue weighted by Crippen LogP contribution is -2.24. The molecule has 1 aliphatic carbocycles. The van der Waals surface area contributed by atoms with Gasteiger partial charge in [-0.25, -0.2) is 0 Å². The van der Waals surface area contributed by atoms with Gasteiger partial charge >= 0.3 is 5.97 Å². The summed E-state index contributed by atoms with van der Waals surface area (Å²) in [5.41, 5.74) is 0. The summed E-state index contributed by atoms with van der Waals surface area (Å²) < 4.78 is 5.13. The molecule has 1 saturated carbocycles. The van der Waals surface area contributed by atoms with Crippen LogP contribution in [0.5, 0.6) is 0 Å². The first-order chi connectivity index (χ1) is 13.3. The van der Waals surface area contributed by atoms with Crippen LogP contribution in [0.4, 0.5) is 0 Å². The van der Waals surface area contributed by atoms with Crippen LogP contribution in [-0.4, -0.2) is 45.7 Å². The van der Waals surface area contributed by atoms with Crippen molar-refractivity contribution in [2.75, 3.05) is 0 Å². The summed E-state index contributed by atoms with van der Waals surface area (Å²) in [4.78, 5) is 11.5. The molecule has 0 aromatic carbocycles. The van der Waals surface area contributed by atoms with Gasteiger partial charge in [-0.05, 0) is 64.2 Å². The number of rotatable bonds is 15. The third-order valence-corrected chi connectivity index (χ3v) is 6.03. The Balaban J connectivity index is 2.24. The molecule has 0 aromatic heterocycles. The van der Waals surface area contributed by atoms with Gasteiger partial charge in [0.15, 0.2) is 0 Å². The van der Waals surface area contributed by atoms with Crippen LogP contribution in [0, 0.1) is 11.8 Å². The molecule has 5 atom stereocenters. The van der Waals surface area contributed by atoms with Crippen molar-refractivity contribution in [2.45, 2.75) is 129 Å². The van der Waals surface area contributed by atoms with Crippen LogP contribution < -0.4 is 0 Å². The third-order valence-electron chi connectivity index (χ3n) is 6.03. The van der Waals surface area contributed by atoms with Gasteiger partial charge in [-0.3, -0.25) is 4.79 Å². The number of carbonyl (C=O) groups is 1. The van der Waals surface area contributed by atoms with Gasteiger partial charge in [0.05, 0.1) is 24.4 Å².